The predicted molar refractivity (Wildman–Crippen MR) is 106 cm³/mol. The first-order valence-electron chi connectivity index (χ1n) is 9.07. The van der Waals surface area contributed by atoms with Crippen LogP contribution < -0.4 is 16.4 Å². The van der Waals surface area contributed by atoms with E-state index in [0.717, 1.165) is 13.1 Å². The van der Waals surface area contributed by atoms with Crippen molar-refractivity contribution in [2.24, 2.45) is 0 Å². The number of hydrogen-bond acceptors (Lipinski definition) is 5. The zero-order valence-electron chi connectivity index (χ0n) is 15.4. The second-order valence-corrected chi connectivity index (χ2v) is 6.53. The molecule has 0 radical (unpaired) electrons. The Balaban J connectivity index is 1.59. The van der Waals surface area contributed by atoms with Crippen molar-refractivity contribution in [3.05, 3.63) is 53.8 Å². The summed E-state index contributed by atoms with van der Waals surface area (Å²) in [7, 11) is 0. The standard InChI is InChI=1S/C20H23FN4O3/c21-17-5-4-16(23-20(27)14-2-1-3-15(22)12-14)13-18(17)24-19(26)6-7-25-8-10-28-11-9-25/h1-5,12-13H,6-11,22H2,(H,23,27)(H,24,26). The number of rotatable bonds is 6. The number of halogens is 1. The molecule has 1 aliphatic heterocycles. The first-order valence-corrected chi connectivity index (χ1v) is 9.07. The van der Waals surface area contributed by atoms with Gasteiger partial charge in [-0.1, -0.05) is 6.07 Å². The van der Waals surface area contributed by atoms with E-state index in [1.807, 2.05) is 0 Å². The maximum atomic E-state index is 14.1. The molecule has 0 aromatic heterocycles. The van der Waals surface area contributed by atoms with Gasteiger partial charge in [0, 0.05) is 43.0 Å². The SMILES string of the molecule is Nc1cccc(C(=O)Nc2ccc(F)c(NC(=O)CCN3CCOCC3)c2)c1. The number of anilines is 3. The number of nitrogens with two attached hydrogens (primary N) is 1. The zero-order valence-corrected chi connectivity index (χ0v) is 15.4. The Labute approximate surface area is 162 Å². The third kappa shape index (κ3) is 5.51. The monoisotopic (exact) mass is 386 g/mol. The van der Waals surface area contributed by atoms with Crippen molar-refractivity contribution in [2.75, 3.05) is 49.2 Å². The van der Waals surface area contributed by atoms with Crippen molar-refractivity contribution < 1.29 is 18.7 Å². The van der Waals surface area contributed by atoms with E-state index < -0.39 is 5.82 Å². The summed E-state index contributed by atoms with van der Waals surface area (Å²) in [5, 5.41) is 5.24. The molecule has 2 aromatic rings. The summed E-state index contributed by atoms with van der Waals surface area (Å²) in [6, 6.07) is 10.6. The average Bonchev–Trinajstić information content (AvgIpc) is 2.70. The highest BCUT2D eigenvalue weighted by atomic mass is 19.1. The minimum Gasteiger partial charge on any atom is -0.399 e. The highest BCUT2D eigenvalue weighted by Gasteiger charge is 2.14. The van der Waals surface area contributed by atoms with E-state index in [-0.39, 0.29) is 23.9 Å². The van der Waals surface area contributed by atoms with Gasteiger partial charge in [-0.05, 0) is 36.4 Å². The Morgan fingerprint density at radius 2 is 1.89 bits per heavy atom. The summed E-state index contributed by atoms with van der Waals surface area (Å²) in [6.07, 6.45) is 0.249. The first kappa shape index (κ1) is 19.8. The fourth-order valence-electron chi connectivity index (χ4n) is 2.88. The molecule has 1 heterocycles. The third-order valence-electron chi connectivity index (χ3n) is 4.41. The third-order valence-corrected chi connectivity index (χ3v) is 4.41. The fraction of sp³-hybridized carbons (Fsp3) is 0.300. The van der Waals surface area contributed by atoms with Gasteiger partial charge in [0.2, 0.25) is 5.91 Å². The highest BCUT2D eigenvalue weighted by Crippen LogP contribution is 2.21. The van der Waals surface area contributed by atoms with Gasteiger partial charge in [0.25, 0.3) is 5.91 Å². The van der Waals surface area contributed by atoms with E-state index in [2.05, 4.69) is 15.5 Å². The van der Waals surface area contributed by atoms with Gasteiger partial charge >= 0.3 is 0 Å². The molecule has 0 spiro atoms. The summed E-state index contributed by atoms with van der Waals surface area (Å²) in [6.45, 7) is 3.47. The number of morpholine rings is 1. The minimum atomic E-state index is -0.568. The molecule has 0 unspecified atom stereocenters. The van der Waals surface area contributed by atoms with Crippen molar-refractivity contribution in [2.45, 2.75) is 6.42 Å². The lowest BCUT2D eigenvalue weighted by Crippen LogP contribution is -2.38. The number of amides is 2. The number of nitrogens with zero attached hydrogens (tertiary/aromatic N) is 1. The molecule has 1 aliphatic rings. The van der Waals surface area contributed by atoms with Crippen molar-refractivity contribution in [3.63, 3.8) is 0 Å². The second kappa shape index (κ2) is 9.29. The Morgan fingerprint density at radius 1 is 1.11 bits per heavy atom. The molecule has 7 nitrogen and oxygen atoms in total. The maximum absolute atomic E-state index is 14.1. The second-order valence-electron chi connectivity index (χ2n) is 6.53. The van der Waals surface area contributed by atoms with Gasteiger partial charge in [0.15, 0.2) is 0 Å². The number of nitrogen functional groups attached to an aromatic ring is 1. The molecule has 2 aromatic carbocycles. The summed E-state index contributed by atoms with van der Waals surface area (Å²) in [4.78, 5) is 26.6. The largest absolute Gasteiger partial charge is 0.399 e. The lowest BCUT2D eigenvalue weighted by molar-refractivity contribution is -0.116. The van der Waals surface area contributed by atoms with E-state index in [1.165, 1.54) is 18.2 Å². The van der Waals surface area contributed by atoms with Gasteiger partial charge in [0.05, 0.1) is 18.9 Å². The molecule has 0 saturated carbocycles. The van der Waals surface area contributed by atoms with Crippen molar-refractivity contribution >= 4 is 28.9 Å². The Kier molecular flexibility index (Phi) is 6.57. The maximum Gasteiger partial charge on any atom is 0.255 e. The fourth-order valence-corrected chi connectivity index (χ4v) is 2.88. The molecular formula is C20H23FN4O3. The van der Waals surface area contributed by atoms with E-state index in [1.54, 1.807) is 24.3 Å². The van der Waals surface area contributed by atoms with E-state index in [9.17, 15) is 14.0 Å². The minimum absolute atomic E-state index is 0.0253. The number of nitrogens with one attached hydrogen (secondary N) is 2. The summed E-state index contributed by atoms with van der Waals surface area (Å²) >= 11 is 0. The Morgan fingerprint density at radius 3 is 2.64 bits per heavy atom. The van der Waals surface area contributed by atoms with Crippen LogP contribution in [0.1, 0.15) is 16.8 Å². The smallest absolute Gasteiger partial charge is 0.255 e. The van der Waals surface area contributed by atoms with Gasteiger partial charge in [-0.15, -0.1) is 0 Å². The van der Waals surface area contributed by atoms with Crippen molar-refractivity contribution in [1.29, 1.82) is 0 Å². The average molecular weight is 386 g/mol. The van der Waals surface area contributed by atoms with Crippen LogP contribution in [0.5, 0.6) is 0 Å². The van der Waals surface area contributed by atoms with Crippen LogP contribution in [-0.2, 0) is 9.53 Å². The quantitative estimate of drug-likeness (QED) is 0.662. The van der Waals surface area contributed by atoms with Crippen LogP contribution in [0.2, 0.25) is 0 Å². The number of hydrogen-bond donors (Lipinski definition) is 3. The normalized spacial score (nSPS) is 14.5. The Bertz CT molecular complexity index is 853. The molecule has 28 heavy (non-hydrogen) atoms. The van der Waals surface area contributed by atoms with Gasteiger partial charge in [-0.25, -0.2) is 4.39 Å². The lowest BCUT2D eigenvalue weighted by atomic mass is 10.2. The van der Waals surface area contributed by atoms with Gasteiger partial charge in [-0.3, -0.25) is 14.5 Å². The van der Waals surface area contributed by atoms with Crippen molar-refractivity contribution in [1.82, 2.24) is 4.90 Å². The van der Waals surface area contributed by atoms with Crippen LogP contribution in [0.15, 0.2) is 42.5 Å². The number of carbonyl (C=O) groups excluding carboxylic acids is 2. The number of ether oxygens (including phenoxy) is 1. The van der Waals surface area contributed by atoms with Crippen LogP contribution in [0.4, 0.5) is 21.5 Å². The van der Waals surface area contributed by atoms with Crippen LogP contribution >= 0.6 is 0 Å². The topological polar surface area (TPSA) is 96.7 Å². The molecule has 2 amide bonds. The van der Waals surface area contributed by atoms with E-state index in [4.69, 9.17) is 10.5 Å². The molecule has 1 saturated heterocycles. The molecular weight excluding hydrogens is 363 g/mol. The van der Waals surface area contributed by atoms with Gasteiger partial charge in [-0.2, -0.15) is 0 Å². The molecule has 148 valence electrons. The van der Waals surface area contributed by atoms with Gasteiger partial charge in [0.1, 0.15) is 5.82 Å². The molecule has 0 bridgehead atoms. The summed E-state index contributed by atoms with van der Waals surface area (Å²) in [5.74, 6) is -1.23. The first-order chi connectivity index (χ1) is 13.5. The Hall–Kier alpha value is -2.97. The zero-order chi connectivity index (χ0) is 19.9. The molecule has 0 aliphatic carbocycles. The van der Waals surface area contributed by atoms with Gasteiger partial charge < -0.3 is 21.1 Å². The lowest BCUT2D eigenvalue weighted by Gasteiger charge is -2.26. The van der Waals surface area contributed by atoms with Crippen LogP contribution in [0.25, 0.3) is 0 Å². The van der Waals surface area contributed by atoms with Crippen LogP contribution in [-0.4, -0.2) is 49.6 Å². The molecule has 1 fully saturated rings. The summed E-state index contributed by atoms with van der Waals surface area (Å²) < 4.78 is 19.3. The van der Waals surface area contributed by atoms with Crippen LogP contribution in [0, 0.1) is 5.82 Å². The predicted octanol–water partition coefficient (Wildman–Crippen LogP) is 2.32. The molecule has 3 rings (SSSR count). The molecule has 8 heteroatoms. The number of carbonyl (C=O) groups is 2. The molecule has 4 N–H and O–H groups in total. The van der Waals surface area contributed by atoms with E-state index in [0.29, 0.717) is 36.7 Å². The van der Waals surface area contributed by atoms with Crippen molar-refractivity contribution in [3.8, 4) is 0 Å². The highest BCUT2D eigenvalue weighted by molar-refractivity contribution is 6.05. The van der Waals surface area contributed by atoms with E-state index >= 15 is 0 Å². The molecule has 0 atom stereocenters. The van der Waals surface area contributed by atoms with Crippen LogP contribution in [0.3, 0.4) is 0 Å². The number of benzene rings is 2. The summed E-state index contributed by atoms with van der Waals surface area (Å²) in [5.41, 5.74) is 6.94.